The van der Waals surface area contributed by atoms with Crippen LogP contribution in [0.15, 0.2) is 60.0 Å². The molecule has 0 bridgehead atoms. The van der Waals surface area contributed by atoms with Crippen LogP contribution in [-0.2, 0) is 13.2 Å². The number of nitrogens with zero attached hydrogens (tertiary/aromatic N) is 2. The van der Waals surface area contributed by atoms with Gasteiger partial charge >= 0.3 is 0 Å². The third kappa shape index (κ3) is 5.55. The first kappa shape index (κ1) is 19.4. The number of carbonyl (C=O) groups excluding carboxylic acids is 1. The van der Waals surface area contributed by atoms with Crippen LogP contribution in [0.5, 0.6) is 5.75 Å². The first-order chi connectivity index (χ1) is 13.2. The molecule has 0 N–H and O–H groups in total. The van der Waals surface area contributed by atoms with Crippen molar-refractivity contribution >= 4 is 28.8 Å². The minimum absolute atomic E-state index is 0.0319. The highest BCUT2D eigenvalue weighted by molar-refractivity contribution is 7.09. The highest BCUT2D eigenvalue weighted by Gasteiger charge is 2.16. The third-order valence-corrected chi connectivity index (χ3v) is 5.05. The largest absolute Gasteiger partial charge is 0.486 e. The number of carbonyl (C=O) groups is 1. The molecule has 1 aromatic heterocycles. The molecular formula is C21H21ClN2O2S. The summed E-state index contributed by atoms with van der Waals surface area (Å²) < 4.78 is 5.74. The lowest BCUT2D eigenvalue weighted by Gasteiger charge is -2.21. The van der Waals surface area contributed by atoms with Crippen molar-refractivity contribution in [1.82, 2.24) is 9.88 Å². The number of benzene rings is 2. The van der Waals surface area contributed by atoms with Crippen LogP contribution < -0.4 is 4.74 Å². The lowest BCUT2D eigenvalue weighted by atomic mass is 10.2. The Bertz CT molecular complexity index is 865. The van der Waals surface area contributed by atoms with E-state index in [1.807, 2.05) is 52.7 Å². The van der Waals surface area contributed by atoms with Crippen LogP contribution in [0.4, 0.5) is 0 Å². The standard InChI is InChI=1S/C21H21ClN2O2S/c1-2-12-24(21(25)16-6-4-3-5-7-16)13-18-15-27-20(23-18)14-26-19-10-8-17(22)9-11-19/h3-11,15H,2,12-14H2,1H3. The Morgan fingerprint density at radius 3 is 2.59 bits per heavy atom. The van der Waals surface area contributed by atoms with Crippen LogP contribution in [0.3, 0.4) is 0 Å². The molecule has 0 spiro atoms. The quantitative estimate of drug-likeness (QED) is 0.506. The first-order valence-electron chi connectivity index (χ1n) is 8.81. The number of halogens is 1. The van der Waals surface area contributed by atoms with Crippen molar-refractivity contribution in [3.05, 3.63) is 81.3 Å². The van der Waals surface area contributed by atoms with Gasteiger partial charge in [-0.1, -0.05) is 36.7 Å². The average molecular weight is 401 g/mol. The Labute approximate surface area is 168 Å². The number of rotatable bonds is 8. The van der Waals surface area contributed by atoms with E-state index >= 15 is 0 Å². The maximum Gasteiger partial charge on any atom is 0.254 e. The Kier molecular flexibility index (Phi) is 6.85. The predicted molar refractivity (Wildman–Crippen MR) is 109 cm³/mol. The number of hydrogen-bond donors (Lipinski definition) is 0. The molecule has 4 nitrogen and oxygen atoms in total. The van der Waals surface area contributed by atoms with Crippen LogP contribution in [0.1, 0.15) is 34.4 Å². The number of amides is 1. The summed E-state index contributed by atoms with van der Waals surface area (Å²) >= 11 is 7.42. The van der Waals surface area contributed by atoms with Crippen molar-refractivity contribution in [2.24, 2.45) is 0 Å². The monoisotopic (exact) mass is 400 g/mol. The zero-order chi connectivity index (χ0) is 19.1. The molecule has 2 aromatic carbocycles. The van der Waals surface area contributed by atoms with Gasteiger partial charge in [0.2, 0.25) is 0 Å². The zero-order valence-electron chi connectivity index (χ0n) is 15.1. The number of hydrogen-bond acceptors (Lipinski definition) is 4. The molecule has 27 heavy (non-hydrogen) atoms. The van der Waals surface area contributed by atoms with Gasteiger partial charge < -0.3 is 9.64 Å². The Morgan fingerprint density at radius 1 is 1.15 bits per heavy atom. The van der Waals surface area contributed by atoms with E-state index in [1.165, 1.54) is 11.3 Å². The van der Waals surface area contributed by atoms with Crippen LogP contribution in [0.2, 0.25) is 5.02 Å². The van der Waals surface area contributed by atoms with Gasteiger partial charge in [-0.05, 0) is 42.8 Å². The van der Waals surface area contributed by atoms with E-state index in [-0.39, 0.29) is 5.91 Å². The molecule has 0 aliphatic carbocycles. The van der Waals surface area contributed by atoms with Crippen LogP contribution >= 0.6 is 22.9 Å². The van der Waals surface area contributed by atoms with Gasteiger partial charge in [-0.25, -0.2) is 4.98 Å². The van der Waals surface area contributed by atoms with E-state index in [9.17, 15) is 4.79 Å². The van der Waals surface area contributed by atoms with Gasteiger partial charge in [0, 0.05) is 22.5 Å². The number of thiazole rings is 1. The Hall–Kier alpha value is -2.37. The van der Waals surface area contributed by atoms with Gasteiger partial charge in [-0.2, -0.15) is 0 Å². The second kappa shape index (κ2) is 9.53. The van der Waals surface area contributed by atoms with Crippen LogP contribution in [0.25, 0.3) is 0 Å². The van der Waals surface area contributed by atoms with E-state index in [2.05, 4.69) is 11.9 Å². The SMILES string of the molecule is CCCN(Cc1csc(COc2ccc(Cl)cc2)n1)C(=O)c1ccccc1. The second-order valence-corrected chi connectivity index (χ2v) is 7.45. The summed E-state index contributed by atoms with van der Waals surface area (Å²) in [4.78, 5) is 19.2. The number of aromatic nitrogens is 1. The molecular weight excluding hydrogens is 380 g/mol. The molecule has 0 unspecified atom stereocenters. The van der Waals surface area contributed by atoms with Crippen molar-refractivity contribution < 1.29 is 9.53 Å². The van der Waals surface area contributed by atoms with Crippen LogP contribution in [-0.4, -0.2) is 22.3 Å². The maximum absolute atomic E-state index is 12.8. The molecule has 6 heteroatoms. The highest BCUT2D eigenvalue weighted by Crippen LogP contribution is 2.19. The van der Waals surface area contributed by atoms with Gasteiger partial charge in [0.05, 0.1) is 12.2 Å². The van der Waals surface area contributed by atoms with Crippen molar-refractivity contribution in [1.29, 1.82) is 0 Å². The third-order valence-electron chi connectivity index (χ3n) is 3.93. The van der Waals surface area contributed by atoms with Gasteiger partial charge in [0.1, 0.15) is 17.4 Å². The molecule has 3 rings (SSSR count). The fourth-order valence-corrected chi connectivity index (χ4v) is 3.47. The summed E-state index contributed by atoms with van der Waals surface area (Å²) in [5.41, 5.74) is 1.58. The highest BCUT2D eigenvalue weighted by atomic mass is 35.5. The smallest absolute Gasteiger partial charge is 0.254 e. The minimum atomic E-state index is 0.0319. The molecule has 3 aromatic rings. The van der Waals surface area contributed by atoms with E-state index < -0.39 is 0 Å². The molecule has 0 aliphatic heterocycles. The van der Waals surface area contributed by atoms with Crippen LogP contribution in [0, 0.1) is 0 Å². The first-order valence-corrected chi connectivity index (χ1v) is 10.1. The molecule has 0 radical (unpaired) electrons. The lowest BCUT2D eigenvalue weighted by Crippen LogP contribution is -2.31. The van der Waals surface area contributed by atoms with Gasteiger partial charge in [0.25, 0.3) is 5.91 Å². The molecule has 0 saturated heterocycles. The molecule has 0 fully saturated rings. The second-order valence-electron chi connectivity index (χ2n) is 6.07. The maximum atomic E-state index is 12.8. The molecule has 1 heterocycles. The van der Waals surface area contributed by atoms with Crippen molar-refractivity contribution in [2.45, 2.75) is 26.5 Å². The summed E-state index contributed by atoms with van der Waals surface area (Å²) in [6, 6.07) is 16.6. The Morgan fingerprint density at radius 2 is 1.89 bits per heavy atom. The lowest BCUT2D eigenvalue weighted by molar-refractivity contribution is 0.0741. The summed E-state index contributed by atoms with van der Waals surface area (Å²) in [6.45, 7) is 3.66. The molecule has 0 atom stereocenters. The molecule has 0 aliphatic rings. The fourth-order valence-electron chi connectivity index (χ4n) is 2.64. The summed E-state index contributed by atoms with van der Waals surface area (Å²) in [5.74, 6) is 0.785. The van der Waals surface area contributed by atoms with Gasteiger partial charge in [0.15, 0.2) is 0 Å². The van der Waals surface area contributed by atoms with Crippen molar-refractivity contribution in [3.8, 4) is 5.75 Å². The van der Waals surface area contributed by atoms with E-state index in [0.29, 0.717) is 30.3 Å². The Balaban J connectivity index is 1.62. The summed E-state index contributed by atoms with van der Waals surface area (Å²) in [6.07, 6.45) is 0.898. The molecule has 140 valence electrons. The number of ether oxygens (including phenoxy) is 1. The van der Waals surface area contributed by atoms with E-state index in [0.717, 1.165) is 22.9 Å². The normalized spacial score (nSPS) is 10.6. The molecule has 0 saturated carbocycles. The van der Waals surface area contributed by atoms with Gasteiger partial charge in [-0.15, -0.1) is 11.3 Å². The predicted octanol–water partition coefficient (Wildman–Crippen LogP) is 5.43. The van der Waals surface area contributed by atoms with E-state index in [4.69, 9.17) is 16.3 Å². The summed E-state index contributed by atoms with van der Waals surface area (Å²) in [5, 5.41) is 3.54. The van der Waals surface area contributed by atoms with Crippen molar-refractivity contribution in [3.63, 3.8) is 0 Å². The topological polar surface area (TPSA) is 42.4 Å². The summed E-state index contributed by atoms with van der Waals surface area (Å²) in [7, 11) is 0. The van der Waals surface area contributed by atoms with E-state index in [1.54, 1.807) is 12.1 Å². The molecule has 1 amide bonds. The van der Waals surface area contributed by atoms with Gasteiger partial charge in [-0.3, -0.25) is 4.79 Å². The average Bonchev–Trinajstić information content (AvgIpc) is 3.15. The van der Waals surface area contributed by atoms with Crippen molar-refractivity contribution in [2.75, 3.05) is 6.54 Å². The zero-order valence-corrected chi connectivity index (χ0v) is 16.7. The fraction of sp³-hybridized carbons (Fsp3) is 0.238. The minimum Gasteiger partial charge on any atom is -0.486 e.